The number of rotatable bonds is 3. The second-order valence-corrected chi connectivity index (χ2v) is 5.63. The number of fused-ring (bicyclic) bond motifs is 1. The number of aromatic nitrogens is 1. The lowest BCUT2D eigenvalue weighted by molar-refractivity contribution is -0.116. The largest absolute Gasteiger partial charge is 0.350 e. The molecular formula is C17H19N3O2. The van der Waals surface area contributed by atoms with E-state index in [9.17, 15) is 9.59 Å². The van der Waals surface area contributed by atoms with E-state index in [1.54, 1.807) is 12.1 Å². The average molecular weight is 297 g/mol. The van der Waals surface area contributed by atoms with Gasteiger partial charge in [0.25, 0.3) is 5.91 Å². The number of anilines is 1. The highest BCUT2D eigenvalue weighted by Crippen LogP contribution is 2.23. The maximum atomic E-state index is 12.3. The van der Waals surface area contributed by atoms with E-state index in [4.69, 9.17) is 0 Å². The molecule has 1 aliphatic rings. The number of aryl methyl sites for hydroxylation is 2. The van der Waals surface area contributed by atoms with E-state index in [0.717, 1.165) is 22.6 Å². The number of carbonyl (C=O) groups excluding carboxylic acids is 2. The lowest BCUT2D eigenvalue weighted by Gasteiger charge is -2.17. The zero-order valence-corrected chi connectivity index (χ0v) is 12.8. The molecule has 0 saturated carbocycles. The number of hydrogen-bond donors (Lipinski definition) is 2. The highest BCUT2D eigenvalue weighted by Gasteiger charge is 2.16. The number of benzene rings is 1. The summed E-state index contributed by atoms with van der Waals surface area (Å²) in [5.41, 5.74) is 4.68. The molecule has 0 spiro atoms. The third-order valence-electron chi connectivity index (χ3n) is 4.17. The van der Waals surface area contributed by atoms with Gasteiger partial charge < -0.3 is 15.2 Å². The predicted octanol–water partition coefficient (Wildman–Crippen LogP) is 2.15. The molecule has 2 aromatic rings. The minimum Gasteiger partial charge on any atom is -0.350 e. The Morgan fingerprint density at radius 2 is 2.09 bits per heavy atom. The molecule has 1 aromatic heterocycles. The number of hydrogen-bond acceptors (Lipinski definition) is 2. The van der Waals surface area contributed by atoms with Crippen LogP contribution in [0.3, 0.4) is 0 Å². The Morgan fingerprint density at radius 1 is 1.27 bits per heavy atom. The molecule has 0 saturated heterocycles. The number of nitrogens with zero attached hydrogens (tertiary/aromatic N) is 1. The fourth-order valence-corrected chi connectivity index (χ4v) is 2.64. The zero-order chi connectivity index (χ0) is 15.7. The normalized spacial score (nSPS) is 13.5. The summed E-state index contributed by atoms with van der Waals surface area (Å²) < 4.78 is 2.06. The summed E-state index contributed by atoms with van der Waals surface area (Å²) >= 11 is 0. The van der Waals surface area contributed by atoms with E-state index in [1.807, 2.05) is 32.2 Å². The third-order valence-corrected chi connectivity index (χ3v) is 4.17. The van der Waals surface area contributed by atoms with E-state index >= 15 is 0 Å². The van der Waals surface area contributed by atoms with Crippen LogP contribution in [0.15, 0.2) is 30.3 Å². The molecule has 5 heteroatoms. The second-order valence-electron chi connectivity index (χ2n) is 5.63. The van der Waals surface area contributed by atoms with Crippen LogP contribution in [-0.2, 0) is 24.8 Å². The van der Waals surface area contributed by atoms with Crippen LogP contribution in [0.25, 0.3) is 0 Å². The Hall–Kier alpha value is -2.56. The monoisotopic (exact) mass is 297 g/mol. The van der Waals surface area contributed by atoms with Crippen molar-refractivity contribution in [3.8, 4) is 0 Å². The van der Waals surface area contributed by atoms with Crippen molar-refractivity contribution in [2.24, 2.45) is 7.05 Å². The quantitative estimate of drug-likeness (QED) is 0.912. The van der Waals surface area contributed by atoms with Crippen molar-refractivity contribution < 1.29 is 9.59 Å². The van der Waals surface area contributed by atoms with Crippen molar-refractivity contribution >= 4 is 17.5 Å². The van der Waals surface area contributed by atoms with Crippen LogP contribution in [-0.4, -0.2) is 16.4 Å². The molecule has 22 heavy (non-hydrogen) atoms. The van der Waals surface area contributed by atoms with Crippen LogP contribution in [0.4, 0.5) is 5.69 Å². The Kier molecular flexibility index (Phi) is 3.71. The molecule has 0 fully saturated rings. The van der Waals surface area contributed by atoms with Gasteiger partial charge >= 0.3 is 0 Å². The molecule has 0 radical (unpaired) electrons. The van der Waals surface area contributed by atoms with Gasteiger partial charge in [0.15, 0.2) is 0 Å². The van der Waals surface area contributed by atoms with Gasteiger partial charge in [0.1, 0.15) is 0 Å². The summed E-state index contributed by atoms with van der Waals surface area (Å²) in [4.78, 5) is 23.6. The van der Waals surface area contributed by atoms with Gasteiger partial charge in [-0.15, -0.1) is 0 Å². The van der Waals surface area contributed by atoms with Crippen molar-refractivity contribution in [1.29, 1.82) is 0 Å². The van der Waals surface area contributed by atoms with Crippen molar-refractivity contribution in [1.82, 2.24) is 9.88 Å². The minimum atomic E-state index is -0.0986. The topological polar surface area (TPSA) is 63.1 Å². The Bertz CT molecular complexity index is 746. The summed E-state index contributed by atoms with van der Waals surface area (Å²) in [6.07, 6.45) is 1.15. The molecule has 2 heterocycles. The first-order valence-electron chi connectivity index (χ1n) is 7.37. The lowest BCUT2D eigenvalue weighted by Crippen LogP contribution is -2.25. The van der Waals surface area contributed by atoms with Gasteiger partial charge in [0, 0.05) is 36.1 Å². The smallest absolute Gasteiger partial charge is 0.251 e. The molecule has 0 atom stereocenters. The lowest BCUT2D eigenvalue weighted by atomic mass is 10.00. The molecule has 3 rings (SSSR count). The van der Waals surface area contributed by atoms with Crippen molar-refractivity contribution in [2.45, 2.75) is 26.3 Å². The standard InChI is InChI=1S/C17H19N3O2/c1-11-3-6-14(20(11)2)10-18-17(22)13-4-7-15-12(9-13)5-8-16(21)19-15/h3-4,6-7,9H,5,8,10H2,1-2H3,(H,18,22)(H,19,21). The van der Waals surface area contributed by atoms with Crippen molar-refractivity contribution in [3.05, 3.63) is 52.8 Å². The van der Waals surface area contributed by atoms with E-state index < -0.39 is 0 Å². The van der Waals surface area contributed by atoms with Crippen molar-refractivity contribution in [3.63, 3.8) is 0 Å². The van der Waals surface area contributed by atoms with E-state index in [1.165, 1.54) is 0 Å². The van der Waals surface area contributed by atoms with E-state index in [2.05, 4.69) is 15.2 Å². The number of carbonyl (C=O) groups is 2. The molecule has 5 nitrogen and oxygen atoms in total. The molecule has 1 aromatic carbocycles. The van der Waals surface area contributed by atoms with Crippen LogP contribution in [0.5, 0.6) is 0 Å². The SMILES string of the molecule is Cc1ccc(CNC(=O)c2ccc3c(c2)CCC(=O)N3)n1C. The van der Waals surface area contributed by atoms with Crippen molar-refractivity contribution in [2.75, 3.05) is 5.32 Å². The first-order chi connectivity index (χ1) is 10.5. The third kappa shape index (κ3) is 2.74. The molecule has 0 unspecified atom stereocenters. The van der Waals surface area contributed by atoms with Gasteiger partial charge in [0.05, 0.1) is 6.54 Å². The van der Waals surface area contributed by atoms with Gasteiger partial charge in [-0.3, -0.25) is 9.59 Å². The van der Waals surface area contributed by atoms with E-state index in [0.29, 0.717) is 24.9 Å². The Labute approximate surface area is 129 Å². The van der Waals surface area contributed by atoms with Crippen LogP contribution in [0.2, 0.25) is 0 Å². The molecule has 0 aliphatic carbocycles. The van der Waals surface area contributed by atoms with Gasteiger partial charge in [-0.05, 0) is 49.2 Å². The average Bonchev–Trinajstić information content (AvgIpc) is 2.83. The molecule has 1 aliphatic heterocycles. The predicted molar refractivity (Wildman–Crippen MR) is 84.7 cm³/mol. The Balaban J connectivity index is 1.70. The maximum Gasteiger partial charge on any atom is 0.251 e. The molecular weight excluding hydrogens is 278 g/mol. The maximum absolute atomic E-state index is 12.3. The first kappa shape index (κ1) is 14.4. The second kappa shape index (κ2) is 5.67. The zero-order valence-electron chi connectivity index (χ0n) is 12.8. The minimum absolute atomic E-state index is 0.0313. The summed E-state index contributed by atoms with van der Waals surface area (Å²) in [5.74, 6) is -0.0673. The molecule has 114 valence electrons. The first-order valence-corrected chi connectivity index (χ1v) is 7.37. The summed E-state index contributed by atoms with van der Waals surface area (Å²) in [6, 6.07) is 9.45. The van der Waals surface area contributed by atoms with E-state index in [-0.39, 0.29) is 11.8 Å². The fraction of sp³-hybridized carbons (Fsp3) is 0.294. The fourth-order valence-electron chi connectivity index (χ4n) is 2.64. The highest BCUT2D eigenvalue weighted by atomic mass is 16.2. The number of amides is 2. The van der Waals surface area contributed by atoms with Crippen LogP contribution >= 0.6 is 0 Å². The molecule has 0 bridgehead atoms. The molecule has 2 amide bonds. The highest BCUT2D eigenvalue weighted by molar-refractivity contribution is 5.97. The van der Waals surface area contributed by atoms with Gasteiger partial charge in [0.2, 0.25) is 5.91 Å². The summed E-state index contributed by atoms with van der Waals surface area (Å²) in [7, 11) is 1.98. The van der Waals surface area contributed by atoms with Crippen LogP contribution in [0.1, 0.15) is 33.7 Å². The van der Waals surface area contributed by atoms with Crippen LogP contribution in [0, 0.1) is 6.92 Å². The Morgan fingerprint density at radius 3 is 2.82 bits per heavy atom. The summed E-state index contributed by atoms with van der Waals surface area (Å²) in [5, 5.41) is 5.76. The van der Waals surface area contributed by atoms with Crippen LogP contribution < -0.4 is 10.6 Å². The van der Waals surface area contributed by atoms with Gasteiger partial charge in [-0.2, -0.15) is 0 Å². The van der Waals surface area contributed by atoms with Gasteiger partial charge in [-0.1, -0.05) is 0 Å². The molecule has 2 N–H and O–H groups in total. The summed E-state index contributed by atoms with van der Waals surface area (Å²) in [6.45, 7) is 2.53. The van der Waals surface area contributed by atoms with Gasteiger partial charge in [-0.25, -0.2) is 0 Å². The number of nitrogens with one attached hydrogen (secondary N) is 2.